The number of morpholine rings is 1. The maximum absolute atomic E-state index is 13.5. The Bertz CT molecular complexity index is 1410. The summed E-state index contributed by atoms with van der Waals surface area (Å²) in [6.07, 6.45) is 1.45. The molecule has 1 amide bonds. The topological polar surface area (TPSA) is 91.0 Å². The number of para-hydroxylation sites is 1. The molecule has 0 radical (unpaired) electrons. The summed E-state index contributed by atoms with van der Waals surface area (Å²) in [5, 5.41) is 8.32. The van der Waals surface area contributed by atoms with Gasteiger partial charge in [0, 0.05) is 43.6 Å². The average Bonchev–Trinajstić information content (AvgIpc) is 3.70. The van der Waals surface area contributed by atoms with E-state index < -0.39 is 16.1 Å². The lowest BCUT2D eigenvalue weighted by Gasteiger charge is -2.34. The molecule has 11 heteroatoms. The van der Waals surface area contributed by atoms with E-state index in [-0.39, 0.29) is 14.9 Å². The maximum Gasteiger partial charge on any atom is 0.273 e. The number of nitrogens with zero attached hydrogens (tertiary/aromatic N) is 2. The zero-order valence-corrected chi connectivity index (χ0v) is 26.0. The van der Waals surface area contributed by atoms with Crippen molar-refractivity contribution >= 4 is 50.4 Å². The maximum atomic E-state index is 13.5. The zero-order chi connectivity index (χ0) is 28.9. The summed E-state index contributed by atoms with van der Waals surface area (Å²) in [6, 6.07) is 18.9. The number of thiophene rings is 1. The Morgan fingerprint density at radius 1 is 1.15 bits per heavy atom. The van der Waals surface area contributed by atoms with Crippen molar-refractivity contribution in [1.29, 1.82) is 0 Å². The minimum absolute atomic E-state index is 0.0752. The fraction of sp³-hybridized carbons (Fsp3) is 0.433. The average molecular weight is 615 g/mol. The van der Waals surface area contributed by atoms with Crippen LogP contribution in [-0.4, -0.2) is 76.5 Å². The number of amides is 1. The predicted octanol–water partition coefficient (Wildman–Crippen LogP) is 4.44. The van der Waals surface area contributed by atoms with E-state index in [2.05, 4.69) is 46.7 Å². The molecule has 220 valence electrons. The second kappa shape index (κ2) is 13.2. The molecule has 8 nitrogen and oxygen atoms in total. The van der Waals surface area contributed by atoms with E-state index in [9.17, 15) is 13.2 Å². The summed E-state index contributed by atoms with van der Waals surface area (Å²) >= 11 is 3.07. The molecule has 2 aliphatic heterocycles. The number of ether oxygens (including phenoxy) is 1. The Morgan fingerprint density at radius 3 is 2.66 bits per heavy atom. The Kier molecular flexibility index (Phi) is 9.60. The molecule has 1 aromatic heterocycles. The van der Waals surface area contributed by atoms with Gasteiger partial charge in [-0.1, -0.05) is 48.5 Å². The van der Waals surface area contributed by atoms with Crippen molar-refractivity contribution in [1.82, 2.24) is 10.2 Å². The highest BCUT2D eigenvalue weighted by Gasteiger charge is 2.34. The molecule has 3 aromatic rings. The van der Waals surface area contributed by atoms with E-state index in [1.807, 2.05) is 30.0 Å². The minimum atomic E-state index is -3.69. The van der Waals surface area contributed by atoms with E-state index in [4.69, 9.17) is 4.74 Å². The van der Waals surface area contributed by atoms with Crippen LogP contribution in [0.25, 0.3) is 0 Å². The molecule has 0 saturated carbocycles. The first-order chi connectivity index (χ1) is 19.7. The summed E-state index contributed by atoms with van der Waals surface area (Å²) in [5.74, 6) is 0.798. The first-order valence-corrected chi connectivity index (χ1v) is 17.2. The van der Waals surface area contributed by atoms with Gasteiger partial charge in [0.25, 0.3) is 10.0 Å². The van der Waals surface area contributed by atoms with Gasteiger partial charge >= 0.3 is 0 Å². The number of carbonyl (C=O) groups excluding carboxylic acids is 1. The molecule has 2 aromatic carbocycles. The van der Waals surface area contributed by atoms with Crippen LogP contribution in [0.5, 0.6) is 0 Å². The number of nitrogens with one attached hydrogen (secondary N) is 2. The third-order valence-corrected chi connectivity index (χ3v) is 12.4. The fourth-order valence-corrected chi connectivity index (χ4v) is 8.61. The van der Waals surface area contributed by atoms with Crippen LogP contribution in [0.15, 0.2) is 70.3 Å². The Hall–Kier alpha value is -2.57. The molecule has 2 unspecified atom stereocenters. The number of carbonyl (C=O) groups is 1. The van der Waals surface area contributed by atoms with Crippen molar-refractivity contribution in [2.75, 3.05) is 56.1 Å². The van der Waals surface area contributed by atoms with Gasteiger partial charge in [-0.3, -0.25) is 14.0 Å². The van der Waals surface area contributed by atoms with Crippen LogP contribution in [-0.2, 0) is 31.7 Å². The highest BCUT2D eigenvalue weighted by Crippen LogP contribution is 2.38. The molecule has 1 fully saturated rings. The third-order valence-electron chi connectivity index (χ3n) is 7.76. The van der Waals surface area contributed by atoms with Crippen LogP contribution in [0.4, 0.5) is 11.4 Å². The largest absolute Gasteiger partial charge is 0.379 e. The van der Waals surface area contributed by atoms with Gasteiger partial charge in [0.15, 0.2) is 0 Å². The number of hydrogen-bond donors (Lipinski definition) is 2. The number of benzene rings is 2. The number of fused-ring (bicyclic) bond motifs is 1. The summed E-state index contributed by atoms with van der Waals surface area (Å²) in [6.45, 7) is 7.15. The van der Waals surface area contributed by atoms with E-state index in [1.54, 1.807) is 30.6 Å². The molecule has 3 heterocycles. The van der Waals surface area contributed by atoms with E-state index in [0.717, 1.165) is 50.6 Å². The van der Waals surface area contributed by atoms with Gasteiger partial charge in [-0.15, -0.1) is 23.1 Å². The second-order valence-electron chi connectivity index (χ2n) is 10.8. The Labute approximate surface area is 251 Å². The van der Waals surface area contributed by atoms with Crippen molar-refractivity contribution in [3.63, 3.8) is 0 Å². The predicted molar refractivity (Wildman–Crippen MR) is 168 cm³/mol. The van der Waals surface area contributed by atoms with E-state index in [0.29, 0.717) is 24.3 Å². The third kappa shape index (κ3) is 7.26. The standard InChI is InChI=1S/C30H38N4O4S3/c1-30(13-14-34-15-17-38-18-16-34,40-21-23-8-4-3-5-9-23)22-31-29(35)25-20-24-10-6-11-26(28(24)32-25)33(2)41(36,37)27-12-7-19-39-27/h3-12,19,25,32H,13-18,20-22H2,1-2H3,(H,31,35). The lowest BCUT2D eigenvalue weighted by atomic mass is 10.1. The lowest BCUT2D eigenvalue weighted by Crippen LogP contribution is -2.46. The molecule has 2 N–H and O–H groups in total. The van der Waals surface area contributed by atoms with Crippen molar-refractivity contribution < 1.29 is 17.9 Å². The van der Waals surface area contributed by atoms with Gasteiger partial charge in [-0.25, -0.2) is 8.42 Å². The highest BCUT2D eigenvalue weighted by molar-refractivity contribution is 7.99. The summed E-state index contributed by atoms with van der Waals surface area (Å²) in [7, 11) is -2.13. The molecule has 5 rings (SSSR count). The van der Waals surface area contributed by atoms with Gasteiger partial charge in [-0.2, -0.15) is 0 Å². The molecule has 0 bridgehead atoms. The van der Waals surface area contributed by atoms with Crippen molar-refractivity contribution in [3.05, 3.63) is 77.2 Å². The van der Waals surface area contributed by atoms with Gasteiger partial charge < -0.3 is 15.4 Å². The first kappa shape index (κ1) is 29.9. The minimum Gasteiger partial charge on any atom is -0.379 e. The number of hydrogen-bond acceptors (Lipinski definition) is 8. The number of thioether (sulfide) groups is 1. The molecular formula is C30H38N4O4S3. The van der Waals surface area contributed by atoms with Crippen molar-refractivity contribution in [3.8, 4) is 0 Å². The quantitative estimate of drug-likeness (QED) is 0.312. The van der Waals surface area contributed by atoms with E-state index in [1.165, 1.54) is 21.2 Å². The van der Waals surface area contributed by atoms with Crippen LogP contribution in [0.1, 0.15) is 24.5 Å². The molecule has 2 atom stereocenters. The number of rotatable bonds is 12. The van der Waals surface area contributed by atoms with Crippen LogP contribution in [0.2, 0.25) is 0 Å². The smallest absolute Gasteiger partial charge is 0.273 e. The van der Waals surface area contributed by atoms with Gasteiger partial charge in [-0.05, 0) is 48.5 Å². The number of anilines is 2. The summed E-state index contributed by atoms with van der Waals surface area (Å²) in [4.78, 5) is 15.9. The first-order valence-electron chi connectivity index (χ1n) is 13.9. The fourth-order valence-electron chi connectivity index (χ4n) is 5.12. The zero-order valence-electron chi connectivity index (χ0n) is 23.5. The van der Waals surface area contributed by atoms with E-state index >= 15 is 0 Å². The second-order valence-corrected chi connectivity index (χ2v) is 15.5. The molecule has 2 aliphatic rings. The van der Waals surface area contributed by atoms with Crippen LogP contribution < -0.4 is 14.9 Å². The SMILES string of the molecule is CN(c1cccc2c1NC(C(=O)NCC(C)(CCN1CCOCC1)SCc1ccccc1)C2)S(=O)(=O)c1cccs1. The van der Waals surface area contributed by atoms with Crippen molar-refractivity contribution in [2.24, 2.45) is 0 Å². The summed E-state index contributed by atoms with van der Waals surface area (Å²) in [5.41, 5.74) is 3.44. The Balaban J connectivity index is 1.24. The van der Waals surface area contributed by atoms with Gasteiger partial charge in [0.2, 0.25) is 5.91 Å². The molecule has 1 saturated heterocycles. The van der Waals surface area contributed by atoms with Crippen molar-refractivity contribution in [2.45, 2.75) is 40.5 Å². The monoisotopic (exact) mass is 614 g/mol. The summed E-state index contributed by atoms with van der Waals surface area (Å²) < 4.78 is 33.3. The van der Waals surface area contributed by atoms with Crippen LogP contribution >= 0.6 is 23.1 Å². The van der Waals surface area contributed by atoms with Gasteiger partial charge in [0.05, 0.1) is 24.6 Å². The molecular weight excluding hydrogens is 577 g/mol. The Morgan fingerprint density at radius 2 is 1.93 bits per heavy atom. The molecule has 0 spiro atoms. The lowest BCUT2D eigenvalue weighted by molar-refractivity contribution is -0.121. The van der Waals surface area contributed by atoms with Gasteiger partial charge in [0.1, 0.15) is 10.3 Å². The highest BCUT2D eigenvalue weighted by atomic mass is 32.2. The molecule has 41 heavy (non-hydrogen) atoms. The normalized spacial score (nSPS) is 18.7. The van der Waals surface area contributed by atoms with Crippen LogP contribution in [0, 0.1) is 0 Å². The number of sulfonamides is 1. The molecule has 0 aliphatic carbocycles. The van der Waals surface area contributed by atoms with Crippen LogP contribution in [0.3, 0.4) is 0 Å².